The number of para-hydroxylation sites is 1. The molecule has 1 N–H and O–H groups in total. The van der Waals surface area contributed by atoms with Crippen LogP contribution in [0.3, 0.4) is 0 Å². The molecular weight excluding hydrogens is 180 g/mol. The number of thioether (sulfide) groups is 1. The summed E-state index contributed by atoms with van der Waals surface area (Å²) >= 11 is 1.71. The molecule has 1 aromatic rings. The number of benzene rings is 1. The predicted octanol–water partition coefficient (Wildman–Crippen LogP) is 2.22. The third-order valence-corrected chi connectivity index (χ3v) is 2.77. The minimum Gasteiger partial charge on any atom is -0.383 e. The van der Waals surface area contributed by atoms with Crippen LogP contribution < -0.4 is 5.32 Å². The molecule has 68 valence electrons. The second-order valence-corrected chi connectivity index (χ2v) is 3.66. The molecule has 0 unspecified atom stereocenters. The summed E-state index contributed by atoms with van der Waals surface area (Å²) in [6.07, 6.45) is 2.07. The van der Waals surface area contributed by atoms with Crippen LogP contribution in [0.15, 0.2) is 29.3 Å². The molecule has 0 aliphatic carbocycles. The van der Waals surface area contributed by atoms with Crippen molar-refractivity contribution in [3.63, 3.8) is 0 Å². The minimum absolute atomic E-state index is 0.866. The van der Waals surface area contributed by atoms with E-state index in [9.17, 15) is 0 Å². The van der Waals surface area contributed by atoms with Crippen molar-refractivity contribution >= 4 is 22.5 Å². The van der Waals surface area contributed by atoms with Crippen LogP contribution >= 0.6 is 11.8 Å². The SMILES string of the molecule is CSC1=NCCNc2ccccc21. The van der Waals surface area contributed by atoms with E-state index >= 15 is 0 Å². The van der Waals surface area contributed by atoms with E-state index in [1.807, 2.05) is 0 Å². The molecule has 1 aliphatic rings. The van der Waals surface area contributed by atoms with E-state index in [2.05, 4.69) is 40.8 Å². The van der Waals surface area contributed by atoms with Crippen LogP contribution in [0.4, 0.5) is 5.69 Å². The average Bonchev–Trinajstić information content (AvgIpc) is 2.39. The van der Waals surface area contributed by atoms with E-state index in [-0.39, 0.29) is 0 Å². The van der Waals surface area contributed by atoms with Crippen molar-refractivity contribution in [2.45, 2.75) is 0 Å². The van der Waals surface area contributed by atoms with Crippen molar-refractivity contribution in [2.75, 3.05) is 24.7 Å². The Kier molecular flexibility index (Phi) is 2.54. The lowest BCUT2D eigenvalue weighted by Crippen LogP contribution is -2.03. The van der Waals surface area contributed by atoms with E-state index < -0.39 is 0 Å². The van der Waals surface area contributed by atoms with Gasteiger partial charge in [-0.1, -0.05) is 18.2 Å². The fraction of sp³-hybridized carbons (Fsp3) is 0.300. The van der Waals surface area contributed by atoms with Gasteiger partial charge in [-0.3, -0.25) is 4.99 Å². The highest BCUT2D eigenvalue weighted by atomic mass is 32.2. The van der Waals surface area contributed by atoms with E-state index in [4.69, 9.17) is 0 Å². The fourth-order valence-electron chi connectivity index (χ4n) is 1.43. The highest BCUT2D eigenvalue weighted by Gasteiger charge is 2.09. The molecule has 0 saturated heterocycles. The third-order valence-electron chi connectivity index (χ3n) is 2.03. The first kappa shape index (κ1) is 8.63. The van der Waals surface area contributed by atoms with Crippen LogP contribution in [-0.2, 0) is 0 Å². The van der Waals surface area contributed by atoms with E-state index in [1.165, 1.54) is 11.3 Å². The summed E-state index contributed by atoms with van der Waals surface area (Å²) in [6.45, 7) is 1.80. The summed E-state index contributed by atoms with van der Waals surface area (Å²) < 4.78 is 0. The summed E-state index contributed by atoms with van der Waals surface area (Å²) in [4.78, 5) is 4.50. The molecule has 0 bridgehead atoms. The number of benzodiazepines with no additional fused rings is 1. The maximum absolute atomic E-state index is 4.50. The number of anilines is 1. The number of hydrogen-bond acceptors (Lipinski definition) is 3. The van der Waals surface area contributed by atoms with Crippen LogP contribution in [0.1, 0.15) is 5.56 Å². The highest BCUT2D eigenvalue weighted by Crippen LogP contribution is 2.22. The van der Waals surface area contributed by atoms with Crippen LogP contribution in [0.2, 0.25) is 0 Å². The van der Waals surface area contributed by atoms with Gasteiger partial charge in [0.15, 0.2) is 0 Å². The molecular formula is C10H12N2S. The second kappa shape index (κ2) is 3.83. The van der Waals surface area contributed by atoms with Gasteiger partial charge in [-0.05, 0) is 12.3 Å². The summed E-state index contributed by atoms with van der Waals surface area (Å²) in [5, 5.41) is 4.50. The molecule has 0 aromatic heterocycles. The molecule has 1 heterocycles. The first-order valence-electron chi connectivity index (χ1n) is 4.33. The average molecular weight is 192 g/mol. The van der Waals surface area contributed by atoms with Crippen molar-refractivity contribution in [1.29, 1.82) is 0 Å². The Morgan fingerprint density at radius 1 is 1.38 bits per heavy atom. The maximum Gasteiger partial charge on any atom is 0.0995 e. The molecule has 0 spiro atoms. The second-order valence-electron chi connectivity index (χ2n) is 2.86. The van der Waals surface area contributed by atoms with Gasteiger partial charge in [0, 0.05) is 17.8 Å². The van der Waals surface area contributed by atoms with Gasteiger partial charge in [0.25, 0.3) is 0 Å². The van der Waals surface area contributed by atoms with Gasteiger partial charge in [0.05, 0.1) is 11.6 Å². The Bertz CT molecular complexity index is 333. The molecule has 0 amide bonds. The van der Waals surface area contributed by atoms with Gasteiger partial charge < -0.3 is 5.32 Å². The van der Waals surface area contributed by atoms with E-state index in [0.29, 0.717) is 0 Å². The summed E-state index contributed by atoms with van der Waals surface area (Å²) in [5.74, 6) is 0. The maximum atomic E-state index is 4.50. The molecule has 2 rings (SSSR count). The highest BCUT2D eigenvalue weighted by molar-refractivity contribution is 8.13. The summed E-state index contributed by atoms with van der Waals surface area (Å²) in [5.41, 5.74) is 2.43. The van der Waals surface area contributed by atoms with Gasteiger partial charge in [-0.15, -0.1) is 11.8 Å². The molecule has 0 fully saturated rings. The van der Waals surface area contributed by atoms with Crippen LogP contribution in [0.5, 0.6) is 0 Å². The number of nitrogens with one attached hydrogen (secondary N) is 1. The Balaban J connectivity index is 2.47. The Morgan fingerprint density at radius 2 is 2.23 bits per heavy atom. The first-order chi connectivity index (χ1) is 6.42. The molecule has 0 atom stereocenters. The Hall–Kier alpha value is -0.960. The minimum atomic E-state index is 0.866. The van der Waals surface area contributed by atoms with E-state index in [0.717, 1.165) is 18.1 Å². The summed E-state index contributed by atoms with van der Waals surface area (Å²) in [6, 6.07) is 8.32. The van der Waals surface area contributed by atoms with Crippen LogP contribution in [-0.4, -0.2) is 24.4 Å². The number of aliphatic imine (C=N–C) groups is 1. The monoisotopic (exact) mass is 192 g/mol. The standard InChI is InChI=1S/C10H12N2S/c1-13-10-8-4-2-3-5-9(8)11-6-7-12-10/h2-5,11H,6-7H2,1H3. The number of nitrogens with zero attached hydrogens (tertiary/aromatic N) is 1. The topological polar surface area (TPSA) is 24.4 Å². The molecule has 0 saturated carbocycles. The Morgan fingerprint density at radius 3 is 3.08 bits per heavy atom. The van der Waals surface area contributed by atoms with Crippen molar-refractivity contribution in [1.82, 2.24) is 0 Å². The zero-order chi connectivity index (χ0) is 9.10. The largest absolute Gasteiger partial charge is 0.383 e. The predicted molar refractivity (Wildman–Crippen MR) is 59.9 cm³/mol. The van der Waals surface area contributed by atoms with Gasteiger partial charge >= 0.3 is 0 Å². The number of rotatable bonds is 0. The molecule has 13 heavy (non-hydrogen) atoms. The number of fused-ring (bicyclic) bond motifs is 1. The van der Waals surface area contributed by atoms with Crippen molar-refractivity contribution in [3.8, 4) is 0 Å². The molecule has 0 radical (unpaired) electrons. The molecule has 2 nitrogen and oxygen atoms in total. The molecule has 3 heteroatoms. The lowest BCUT2D eigenvalue weighted by molar-refractivity contribution is 1.04. The third kappa shape index (κ3) is 1.70. The normalized spacial score (nSPS) is 15.3. The van der Waals surface area contributed by atoms with Gasteiger partial charge in [0.1, 0.15) is 0 Å². The zero-order valence-electron chi connectivity index (χ0n) is 7.58. The molecule has 1 aromatic carbocycles. The first-order valence-corrected chi connectivity index (χ1v) is 5.56. The fourth-order valence-corrected chi connectivity index (χ4v) is 2.05. The van der Waals surface area contributed by atoms with Gasteiger partial charge in [-0.25, -0.2) is 0 Å². The van der Waals surface area contributed by atoms with Crippen LogP contribution in [0.25, 0.3) is 0 Å². The van der Waals surface area contributed by atoms with Crippen molar-refractivity contribution < 1.29 is 0 Å². The van der Waals surface area contributed by atoms with Gasteiger partial charge in [-0.2, -0.15) is 0 Å². The number of hydrogen-bond donors (Lipinski definition) is 1. The lowest BCUT2D eigenvalue weighted by Gasteiger charge is -2.07. The Labute approximate surface area is 82.5 Å². The summed E-state index contributed by atoms with van der Waals surface area (Å²) in [7, 11) is 0. The van der Waals surface area contributed by atoms with Crippen molar-refractivity contribution in [3.05, 3.63) is 29.8 Å². The molecule has 1 aliphatic heterocycles. The lowest BCUT2D eigenvalue weighted by atomic mass is 10.2. The smallest absolute Gasteiger partial charge is 0.0995 e. The van der Waals surface area contributed by atoms with Crippen LogP contribution in [0, 0.1) is 0 Å². The van der Waals surface area contributed by atoms with Crippen molar-refractivity contribution in [2.24, 2.45) is 4.99 Å². The zero-order valence-corrected chi connectivity index (χ0v) is 8.40. The van der Waals surface area contributed by atoms with Gasteiger partial charge in [0.2, 0.25) is 0 Å². The quantitative estimate of drug-likeness (QED) is 0.681. The van der Waals surface area contributed by atoms with E-state index in [1.54, 1.807) is 11.8 Å².